The van der Waals surface area contributed by atoms with E-state index >= 15 is 0 Å². The maximum Gasteiger partial charge on any atom is 0.241 e. The number of nitrogens with zero attached hydrogens (tertiary/aromatic N) is 3. The van der Waals surface area contributed by atoms with Crippen LogP contribution in [0.3, 0.4) is 0 Å². The molecule has 1 aromatic heterocycles. The van der Waals surface area contributed by atoms with Crippen molar-refractivity contribution in [2.45, 2.75) is 33.2 Å². The molecule has 2 heterocycles. The molecule has 0 radical (unpaired) electrons. The fraction of sp³-hybridized carbons (Fsp3) is 0.333. The number of benzene rings is 2. The van der Waals surface area contributed by atoms with Crippen LogP contribution < -0.4 is 10.6 Å². The summed E-state index contributed by atoms with van der Waals surface area (Å²) in [5.74, 6) is 0.979. The fourth-order valence-electron chi connectivity index (χ4n) is 3.81. The van der Waals surface area contributed by atoms with Crippen molar-refractivity contribution in [1.82, 2.24) is 15.0 Å². The molecule has 0 saturated carbocycles. The second kappa shape index (κ2) is 9.74. The van der Waals surface area contributed by atoms with Crippen molar-refractivity contribution in [2.75, 3.05) is 23.7 Å². The van der Waals surface area contributed by atoms with Crippen LogP contribution in [0, 0.1) is 12.8 Å². The normalized spacial score (nSPS) is 14.8. The highest BCUT2D eigenvalue weighted by Gasteiger charge is 2.26. The molecule has 1 aliphatic rings. The largest absolute Gasteiger partial charge is 0.338 e. The molecule has 2 N–H and O–H groups in total. The number of likely N-dealkylation sites (tertiary alicyclic amines) is 1. The van der Waals surface area contributed by atoms with Gasteiger partial charge in [-0.15, -0.1) is 0 Å². The second-order valence-electron chi connectivity index (χ2n) is 8.18. The Kier molecular flexibility index (Phi) is 6.61. The summed E-state index contributed by atoms with van der Waals surface area (Å²) in [4.78, 5) is 30.7. The summed E-state index contributed by atoms with van der Waals surface area (Å²) in [6.07, 6.45) is 1.52. The van der Waals surface area contributed by atoms with E-state index in [1.165, 1.54) is 12.5 Å². The van der Waals surface area contributed by atoms with Crippen molar-refractivity contribution < 1.29 is 14.1 Å². The number of carbonyl (C=O) groups is 2. The molecule has 0 bridgehead atoms. The number of rotatable bonds is 6. The number of hydrogen-bond acceptors (Lipinski definition) is 6. The van der Waals surface area contributed by atoms with Gasteiger partial charge in [-0.1, -0.05) is 41.1 Å². The van der Waals surface area contributed by atoms with Gasteiger partial charge in [0.25, 0.3) is 0 Å². The highest BCUT2D eigenvalue weighted by atomic mass is 16.5. The molecular formula is C24H27N5O3. The molecule has 8 nitrogen and oxygen atoms in total. The Labute approximate surface area is 187 Å². The Morgan fingerprint density at radius 1 is 1.06 bits per heavy atom. The maximum atomic E-state index is 12.7. The predicted octanol–water partition coefficient (Wildman–Crippen LogP) is 3.85. The number of aryl methyl sites for hydroxylation is 1. The van der Waals surface area contributed by atoms with Crippen LogP contribution in [0.25, 0.3) is 11.4 Å². The third-order valence-electron chi connectivity index (χ3n) is 5.55. The van der Waals surface area contributed by atoms with Gasteiger partial charge in [-0.25, -0.2) is 0 Å². The third-order valence-corrected chi connectivity index (χ3v) is 5.55. The molecule has 2 aromatic carbocycles. The second-order valence-corrected chi connectivity index (χ2v) is 8.18. The summed E-state index contributed by atoms with van der Waals surface area (Å²) in [7, 11) is 0. The molecule has 0 aliphatic carbocycles. The average Bonchev–Trinajstić information content (AvgIpc) is 3.23. The van der Waals surface area contributed by atoms with Crippen molar-refractivity contribution >= 4 is 23.2 Å². The van der Waals surface area contributed by atoms with Crippen LogP contribution >= 0.6 is 0 Å². The fourth-order valence-corrected chi connectivity index (χ4v) is 3.81. The molecule has 0 unspecified atom stereocenters. The molecule has 0 atom stereocenters. The van der Waals surface area contributed by atoms with Crippen molar-refractivity contribution in [3.63, 3.8) is 0 Å². The van der Waals surface area contributed by atoms with Crippen molar-refractivity contribution in [3.05, 3.63) is 60.0 Å². The van der Waals surface area contributed by atoms with Crippen LogP contribution in [-0.4, -0.2) is 39.9 Å². The number of aromatic nitrogens is 2. The Hall–Kier alpha value is -3.52. The summed E-state index contributed by atoms with van der Waals surface area (Å²) in [5, 5.41) is 9.78. The molecular weight excluding hydrogens is 406 g/mol. The zero-order chi connectivity index (χ0) is 22.5. The van der Waals surface area contributed by atoms with E-state index in [4.69, 9.17) is 4.52 Å². The molecule has 32 heavy (non-hydrogen) atoms. The number of piperidine rings is 1. The predicted molar refractivity (Wildman–Crippen MR) is 122 cm³/mol. The lowest BCUT2D eigenvalue weighted by Crippen LogP contribution is -2.37. The molecule has 0 spiro atoms. The molecule has 1 aliphatic heterocycles. The number of anilines is 2. The van der Waals surface area contributed by atoms with E-state index in [1.54, 1.807) is 18.2 Å². The number of carbonyl (C=O) groups excluding carboxylic acids is 2. The van der Waals surface area contributed by atoms with E-state index in [9.17, 15) is 9.59 Å². The minimum absolute atomic E-state index is 0.00377. The van der Waals surface area contributed by atoms with Gasteiger partial charge in [-0.3, -0.25) is 14.5 Å². The lowest BCUT2D eigenvalue weighted by molar-refractivity contribution is -0.121. The summed E-state index contributed by atoms with van der Waals surface area (Å²) in [6, 6.07) is 15.2. The van der Waals surface area contributed by atoms with Gasteiger partial charge in [0.15, 0.2) is 0 Å². The van der Waals surface area contributed by atoms with E-state index in [2.05, 4.69) is 25.7 Å². The van der Waals surface area contributed by atoms with Crippen molar-refractivity contribution in [2.24, 2.45) is 5.92 Å². The molecule has 2 amide bonds. The van der Waals surface area contributed by atoms with E-state index in [1.807, 2.05) is 37.3 Å². The third kappa shape index (κ3) is 5.59. The average molecular weight is 434 g/mol. The highest BCUT2D eigenvalue weighted by molar-refractivity contribution is 5.94. The number of nitrogens with one attached hydrogen (secondary N) is 2. The number of hydrogen-bond donors (Lipinski definition) is 2. The summed E-state index contributed by atoms with van der Waals surface area (Å²) in [6.45, 7) is 5.64. The van der Waals surface area contributed by atoms with Gasteiger partial charge in [0, 0.05) is 29.8 Å². The molecule has 4 rings (SSSR count). The summed E-state index contributed by atoms with van der Waals surface area (Å²) in [5.41, 5.74) is 3.46. The summed E-state index contributed by atoms with van der Waals surface area (Å²) >= 11 is 0. The Morgan fingerprint density at radius 2 is 1.75 bits per heavy atom. The Balaban J connectivity index is 1.27. The minimum atomic E-state index is -0.145. The van der Waals surface area contributed by atoms with Gasteiger partial charge in [-0.2, -0.15) is 4.98 Å². The van der Waals surface area contributed by atoms with Crippen LogP contribution in [-0.2, 0) is 16.1 Å². The zero-order valence-corrected chi connectivity index (χ0v) is 18.3. The van der Waals surface area contributed by atoms with Gasteiger partial charge >= 0.3 is 0 Å². The first-order chi connectivity index (χ1) is 15.5. The van der Waals surface area contributed by atoms with Crippen molar-refractivity contribution in [3.8, 4) is 11.4 Å². The highest BCUT2D eigenvalue weighted by Crippen LogP contribution is 2.23. The quantitative estimate of drug-likeness (QED) is 0.612. The lowest BCUT2D eigenvalue weighted by atomic mass is 9.96. The van der Waals surface area contributed by atoms with Gasteiger partial charge in [0.05, 0.1) is 6.54 Å². The standard InChI is InChI=1S/C24H27N5O3/c1-16-6-8-18(9-7-16)23-27-22(32-28-23)15-29-12-10-19(11-13-29)24(31)26-21-5-3-4-20(14-21)25-17(2)30/h3-9,14,19H,10-13,15H2,1-2H3,(H,25,30)(H,26,31). The molecule has 8 heteroatoms. The van der Waals surface area contributed by atoms with E-state index in [0.717, 1.165) is 31.5 Å². The van der Waals surface area contributed by atoms with E-state index in [0.29, 0.717) is 29.6 Å². The number of amides is 2. The first-order valence-electron chi connectivity index (χ1n) is 10.8. The molecule has 1 saturated heterocycles. The molecule has 166 valence electrons. The monoisotopic (exact) mass is 433 g/mol. The minimum Gasteiger partial charge on any atom is -0.338 e. The first kappa shape index (κ1) is 21.7. The topological polar surface area (TPSA) is 100 Å². The first-order valence-corrected chi connectivity index (χ1v) is 10.8. The van der Waals surface area contributed by atoms with Crippen LogP contribution in [0.4, 0.5) is 11.4 Å². The van der Waals surface area contributed by atoms with Gasteiger partial charge in [-0.05, 0) is 51.1 Å². The van der Waals surface area contributed by atoms with Crippen LogP contribution in [0.15, 0.2) is 53.1 Å². The van der Waals surface area contributed by atoms with Crippen molar-refractivity contribution in [1.29, 1.82) is 0 Å². The van der Waals surface area contributed by atoms with Gasteiger partial charge < -0.3 is 15.2 Å². The van der Waals surface area contributed by atoms with Crippen LogP contribution in [0.5, 0.6) is 0 Å². The Bertz CT molecular complexity index is 1090. The van der Waals surface area contributed by atoms with E-state index in [-0.39, 0.29) is 17.7 Å². The zero-order valence-electron chi connectivity index (χ0n) is 18.3. The van der Waals surface area contributed by atoms with Crippen LogP contribution in [0.2, 0.25) is 0 Å². The van der Waals surface area contributed by atoms with Gasteiger partial charge in [0.1, 0.15) is 0 Å². The molecule has 1 fully saturated rings. The van der Waals surface area contributed by atoms with Crippen LogP contribution in [0.1, 0.15) is 31.2 Å². The molecule has 3 aromatic rings. The Morgan fingerprint density at radius 3 is 2.44 bits per heavy atom. The van der Waals surface area contributed by atoms with E-state index < -0.39 is 0 Å². The summed E-state index contributed by atoms with van der Waals surface area (Å²) < 4.78 is 5.43. The maximum absolute atomic E-state index is 12.7. The SMILES string of the molecule is CC(=O)Nc1cccc(NC(=O)C2CCN(Cc3nc(-c4ccc(C)cc4)no3)CC2)c1. The smallest absolute Gasteiger partial charge is 0.241 e. The van der Waals surface area contributed by atoms with Gasteiger partial charge in [0.2, 0.25) is 23.5 Å². The lowest BCUT2D eigenvalue weighted by Gasteiger charge is -2.30.